The summed E-state index contributed by atoms with van der Waals surface area (Å²) in [5, 5.41) is 3.09. The van der Waals surface area contributed by atoms with Gasteiger partial charge in [-0.05, 0) is 50.6 Å². The average Bonchev–Trinajstić information content (AvgIpc) is 2.83. The fourth-order valence-corrected chi connectivity index (χ4v) is 2.46. The monoisotopic (exact) mass is 246 g/mol. The van der Waals surface area contributed by atoms with E-state index in [4.69, 9.17) is 0 Å². The number of fused-ring (bicyclic) bond motifs is 1. The standard InChI is InChI=1S/C15H22N2O/c1-16-8-9-17(2)11-15(18)14-7-6-12-4-3-5-13(12)10-14/h6-7,10,16H,3-5,8-9,11H2,1-2H3. The Balaban J connectivity index is 1.96. The molecule has 1 aliphatic carbocycles. The molecule has 0 bridgehead atoms. The topological polar surface area (TPSA) is 32.3 Å². The van der Waals surface area contributed by atoms with Gasteiger partial charge in [-0.25, -0.2) is 0 Å². The van der Waals surface area contributed by atoms with Gasteiger partial charge in [0.15, 0.2) is 5.78 Å². The Bertz CT molecular complexity index is 429. The minimum Gasteiger partial charge on any atom is -0.318 e. The van der Waals surface area contributed by atoms with Gasteiger partial charge in [0.2, 0.25) is 0 Å². The molecule has 0 heterocycles. The molecule has 98 valence electrons. The molecule has 3 heteroatoms. The van der Waals surface area contributed by atoms with Crippen molar-refractivity contribution in [3.05, 3.63) is 34.9 Å². The molecule has 1 N–H and O–H groups in total. The van der Waals surface area contributed by atoms with Crippen molar-refractivity contribution in [2.75, 3.05) is 33.7 Å². The molecule has 1 aliphatic rings. The number of rotatable bonds is 6. The zero-order chi connectivity index (χ0) is 13.0. The number of nitrogens with one attached hydrogen (secondary N) is 1. The van der Waals surface area contributed by atoms with E-state index in [1.165, 1.54) is 24.0 Å². The van der Waals surface area contributed by atoms with Gasteiger partial charge in [0.05, 0.1) is 6.54 Å². The highest BCUT2D eigenvalue weighted by Crippen LogP contribution is 2.23. The SMILES string of the molecule is CNCCN(C)CC(=O)c1ccc2c(c1)CCC2. The second kappa shape index (κ2) is 6.12. The lowest BCUT2D eigenvalue weighted by atomic mass is 10.0. The molecule has 0 spiro atoms. The summed E-state index contributed by atoms with van der Waals surface area (Å²) >= 11 is 0. The van der Waals surface area contributed by atoms with Crippen molar-refractivity contribution in [2.24, 2.45) is 0 Å². The molecule has 0 amide bonds. The van der Waals surface area contributed by atoms with Gasteiger partial charge in [0.25, 0.3) is 0 Å². The molecule has 0 aromatic heterocycles. The van der Waals surface area contributed by atoms with Gasteiger partial charge < -0.3 is 5.32 Å². The second-order valence-corrected chi connectivity index (χ2v) is 5.10. The number of hydrogen-bond donors (Lipinski definition) is 1. The van der Waals surface area contributed by atoms with Crippen LogP contribution in [-0.4, -0.2) is 44.4 Å². The number of carbonyl (C=O) groups is 1. The molecule has 0 atom stereocenters. The number of benzene rings is 1. The quantitative estimate of drug-likeness (QED) is 0.772. The molecule has 2 rings (SSSR count). The van der Waals surface area contributed by atoms with Crippen LogP contribution in [-0.2, 0) is 12.8 Å². The Hall–Kier alpha value is -1.19. The first kappa shape index (κ1) is 13.2. The maximum atomic E-state index is 12.2. The minimum atomic E-state index is 0.225. The first-order valence-corrected chi connectivity index (χ1v) is 6.69. The molecule has 1 aromatic carbocycles. The molecule has 18 heavy (non-hydrogen) atoms. The van der Waals surface area contributed by atoms with E-state index in [-0.39, 0.29) is 5.78 Å². The lowest BCUT2D eigenvalue weighted by molar-refractivity contribution is 0.0947. The van der Waals surface area contributed by atoms with Crippen LogP contribution < -0.4 is 5.32 Å². The summed E-state index contributed by atoms with van der Waals surface area (Å²) in [4.78, 5) is 14.2. The predicted octanol–water partition coefficient (Wildman–Crippen LogP) is 1.51. The van der Waals surface area contributed by atoms with Gasteiger partial charge in [0, 0.05) is 18.7 Å². The van der Waals surface area contributed by atoms with Gasteiger partial charge in [-0.2, -0.15) is 0 Å². The van der Waals surface area contributed by atoms with Crippen LogP contribution >= 0.6 is 0 Å². The molecule has 1 aromatic rings. The van der Waals surface area contributed by atoms with E-state index in [9.17, 15) is 4.79 Å². The molecule has 0 unspecified atom stereocenters. The van der Waals surface area contributed by atoms with Crippen molar-refractivity contribution in [2.45, 2.75) is 19.3 Å². The molecule has 0 radical (unpaired) electrons. The average molecular weight is 246 g/mol. The van der Waals surface area contributed by atoms with Crippen molar-refractivity contribution >= 4 is 5.78 Å². The maximum absolute atomic E-state index is 12.2. The van der Waals surface area contributed by atoms with Crippen molar-refractivity contribution in [3.8, 4) is 0 Å². The summed E-state index contributed by atoms with van der Waals surface area (Å²) in [6, 6.07) is 6.21. The second-order valence-electron chi connectivity index (χ2n) is 5.10. The lowest BCUT2D eigenvalue weighted by Gasteiger charge is -2.15. The predicted molar refractivity (Wildman–Crippen MR) is 74.2 cm³/mol. The summed E-state index contributed by atoms with van der Waals surface area (Å²) < 4.78 is 0. The van der Waals surface area contributed by atoms with Crippen molar-refractivity contribution in [3.63, 3.8) is 0 Å². The summed E-state index contributed by atoms with van der Waals surface area (Å²) in [6.45, 7) is 2.31. The van der Waals surface area contributed by atoms with Gasteiger partial charge in [-0.15, -0.1) is 0 Å². The number of ketones is 1. The Kier molecular flexibility index (Phi) is 4.50. The van der Waals surface area contributed by atoms with Crippen LogP contribution in [0.2, 0.25) is 0 Å². The summed E-state index contributed by atoms with van der Waals surface area (Å²) in [5.41, 5.74) is 3.67. The van der Waals surface area contributed by atoms with Gasteiger partial charge in [-0.1, -0.05) is 12.1 Å². The van der Waals surface area contributed by atoms with E-state index in [1.54, 1.807) is 0 Å². The lowest BCUT2D eigenvalue weighted by Crippen LogP contribution is -2.31. The number of carbonyl (C=O) groups excluding carboxylic acids is 1. The van der Waals surface area contributed by atoms with Crippen LogP contribution in [0.3, 0.4) is 0 Å². The highest BCUT2D eigenvalue weighted by Gasteiger charge is 2.14. The third kappa shape index (κ3) is 3.18. The Morgan fingerprint density at radius 3 is 2.89 bits per heavy atom. The molecule has 3 nitrogen and oxygen atoms in total. The zero-order valence-electron chi connectivity index (χ0n) is 11.3. The van der Waals surface area contributed by atoms with E-state index in [2.05, 4.69) is 22.3 Å². The summed E-state index contributed by atoms with van der Waals surface area (Å²) in [7, 11) is 3.92. The molecular formula is C15H22N2O. The van der Waals surface area contributed by atoms with Crippen LogP contribution in [0.1, 0.15) is 27.9 Å². The third-order valence-electron chi connectivity index (χ3n) is 3.58. The molecule has 0 saturated carbocycles. The van der Waals surface area contributed by atoms with E-state index in [1.807, 2.05) is 20.2 Å². The Morgan fingerprint density at radius 2 is 2.11 bits per heavy atom. The van der Waals surface area contributed by atoms with E-state index in [0.717, 1.165) is 25.1 Å². The summed E-state index contributed by atoms with van der Waals surface area (Å²) in [5.74, 6) is 0.225. The minimum absolute atomic E-state index is 0.225. The fourth-order valence-electron chi connectivity index (χ4n) is 2.46. The number of nitrogens with zero attached hydrogens (tertiary/aromatic N) is 1. The van der Waals surface area contributed by atoms with Gasteiger partial charge in [0.1, 0.15) is 0 Å². The van der Waals surface area contributed by atoms with Crippen LogP contribution in [0, 0.1) is 0 Å². The van der Waals surface area contributed by atoms with E-state index < -0.39 is 0 Å². The smallest absolute Gasteiger partial charge is 0.176 e. The first-order valence-electron chi connectivity index (χ1n) is 6.69. The van der Waals surface area contributed by atoms with Gasteiger partial charge in [-0.3, -0.25) is 9.69 Å². The number of aryl methyl sites for hydroxylation is 2. The fraction of sp³-hybridized carbons (Fsp3) is 0.533. The molecule has 0 fully saturated rings. The van der Waals surface area contributed by atoms with Crippen molar-refractivity contribution in [1.82, 2.24) is 10.2 Å². The maximum Gasteiger partial charge on any atom is 0.176 e. The number of Topliss-reactive ketones (excluding diaryl/α,β-unsaturated/α-hetero) is 1. The molecular weight excluding hydrogens is 224 g/mol. The molecule has 0 saturated heterocycles. The number of hydrogen-bond acceptors (Lipinski definition) is 3. The van der Waals surface area contributed by atoms with Crippen LogP contribution in [0.15, 0.2) is 18.2 Å². The Morgan fingerprint density at radius 1 is 1.33 bits per heavy atom. The Labute approximate surface area is 109 Å². The molecule has 0 aliphatic heterocycles. The van der Waals surface area contributed by atoms with E-state index in [0.29, 0.717) is 6.54 Å². The van der Waals surface area contributed by atoms with Gasteiger partial charge >= 0.3 is 0 Å². The highest BCUT2D eigenvalue weighted by molar-refractivity contribution is 5.97. The normalized spacial score (nSPS) is 13.9. The number of likely N-dealkylation sites (N-methyl/N-ethyl adjacent to an activating group) is 2. The van der Waals surface area contributed by atoms with E-state index >= 15 is 0 Å². The zero-order valence-corrected chi connectivity index (χ0v) is 11.3. The summed E-state index contributed by atoms with van der Waals surface area (Å²) in [6.07, 6.45) is 3.53. The largest absolute Gasteiger partial charge is 0.318 e. The van der Waals surface area contributed by atoms with Crippen LogP contribution in [0.25, 0.3) is 0 Å². The van der Waals surface area contributed by atoms with Crippen molar-refractivity contribution in [1.29, 1.82) is 0 Å². The van der Waals surface area contributed by atoms with Crippen LogP contribution in [0.5, 0.6) is 0 Å². The van der Waals surface area contributed by atoms with Crippen molar-refractivity contribution < 1.29 is 4.79 Å². The first-order chi connectivity index (χ1) is 8.70. The highest BCUT2D eigenvalue weighted by atomic mass is 16.1. The third-order valence-corrected chi connectivity index (χ3v) is 3.58. The van der Waals surface area contributed by atoms with Crippen LogP contribution in [0.4, 0.5) is 0 Å².